The molecule has 75 heavy (non-hydrogen) atoms. The molecule has 0 saturated carbocycles. The molecule has 0 radical (unpaired) electrons. The number of rotatable bonds is 54. The van der Waals surface area contributed by atoms with Crippen molar-refractivity contribution in [2.24, 2.45) is 0 Å². The molecular formula is C64H117NO10. The highest BCUT2D eigenvalue weighted by Crippen LogP contribution is 2.23. The van der Waals surface area contributed by atoms with Crippen molar-refractivity contribution in [2.75, 3.05) is 19.8 Å². The van der Waals surface area contributed by atoms with Gasteiger partial charge in [0, 0.05) is 12.8 Å². The van der Waals surface area contributed by atoms with E-state index in [9.17, 15) is 35.1 Å². The van der Waals surface area contributed by atoms with Gasteiger partial charge in [-0.1, -0.05) is 229 Å². The molecule has 0 aromatic rings. The van der Waals surface area contributed by atoms with Crippen LogP contribution >= 0.6 is 0 Å². The van der Waals surface area contributed by atoms with Gasteiger partial charge >= 0.3 is 5.97 Å². The molecule has 1 rings (SSSR count). The molecule has 7 atom stereocenters. The number of ether oxygens (including phenoxy) is 3. The molecule has 1 aliphatic heterocycles. The Labute approximate surface area is 459 Å². The molecule has 438 valence electrons. The van der Waals surface area contributed by atoms with Crippen molar-refractivity contribution in [1.82, 2.24) is 5.32 Å². The van der Waals surface area contributed by atoms with Gasteiger partial charge in [-0.15, -0.1) is 0 Å². The molecule has 1 amide bonds. The first kappa shape index (κ1) is 70.6. The summed E-state index contributed by atoms with van der Waals surface area (Å²) in [7, 11) is 0. The van der Waals surface area contributed by atoms with Gasteiger partial charge in [-0.3, -0.25) is 9.59 Å². The van der Waals surface area contributed by atoms with Crippen LogP contribution < -0.4 is 5.32 Å². The van der Waals surface area contributed by atoms with Crippen LogP contribution in [0.25, 0.3) is 0 Å². The van der Waals surface area contributed by atoms with Crippen molar-refractivity contribution in [1.29, 1.82) is 0 Å². The summed E-state index contributed by atoms with van der Waals surface area (Å²) in [4.78, 5) is 25.1. The van der Waals surface area contributed by atoms with E-state index in [1.807, 2.05) is 6.08 Å². The van der Waals surface area contributed by atoms with Crippen LogP contribution in [0.2, 0.25) is 0 Å². The number of carbonyl (C=O) groups excluding carboxylic acids is 2. The normalized spacial score (nSPS) is 19.1. The number of allylic oxidation sites excluding steroid dienone is 7. The Morgan fingerprint density at radius 2 is 0.893 bits per heavy atom. The van der Waals surface area contributed by atoms with Crippen molar-refractivity contribution in [3.8, 4) is 0 Å². The molecule has 0 bridgehead atoms. The lowest BCUT2D eigenvalue weighted by Crippen LogP contribution is -2.60. The first-order valence-electron chi connectivity index (χ1n) is 31.4. The number of hydrogen-bond acceptors (Lipinski definition) is 10. The predicted octanol–water partition coefficient (Wildman–Crippen LogP) is 14.8. The second-order valence-electron chi connectivity index (χ2n) is 21.8. The van der Waals surface area contributed by atoms with Crippen molar-refractivity contribution in [3.63, 3.8) is 0 Å². The van der Waals surface area contributed by atoms with E-state index in [-0.39, 0.29) is 18.5 Å². The summed E-state index contributed by atoms with van der Waals surface area (Å²) < 4.78 is 16.7. The molecule has 1 heterocycles. The fourth-order valence-electron chi connectivity index (χ4n) is 9.64. The molecule has 11 nitrogen and oxygen atoms in total. The molecule has 6 N–H and O–H groups in total. The third-order valence-corrected chi connectivity index (χ3v) is 14.7. The zero-order valence-electron chi connectivity index (χ0n) is 48.3. The summed E-state index contributed by atoms with van der Waals surface area (Å²) >= 11 is 0. The predicted molar refractivity (Wildman–Crippen MR) is 310 cm³/mol. The summed E-state index contributed by atoms with van der Waals surface area (Å²) in [5.74, 6) is -0.208. The molecule has 1 fully saturated rings. The number of hydrogen-bond donors (Lipinski definition) is 6. The van der Waals surface area contributed by atoms with Gasteiger partial charge in [-0.05, 0) is 89.9 Å². The van der Waals surface area contributed by atoms with Crippen molar-refractivity contribution < 1.29 is 49.3 Å². The highest BCUT2D eigenvalue weighted by atomic mass is 16.7. The van der Waals surface area contributed by atoms with Gasteiger partial charge in [0.25, 0.3) is 0 Å². The summed E-state index contributed by atoms with van der Waals surface area (Å²) in [6.07, 6.45) is 57.9. The van der Waals surface area contributed by atoms with Gasteiger partial charge < -0.3 is 45.1 Å². The smallest absolute Gasteiger partial charge is 0.305 e. The van der Waals surface area contributed by atoms with Crippen LogP contribution in [0.4, 0.5) is 0 Å². The van der Waals surface area contributed by atoms with E-state index in [1.54, 1.807) is 6.08 Å². The summed E-state index contributed by atoms with van der Waals surface area (Å²) in [6.45, 7) is 4.28. The topological polar surface area (TPSA) is 175 Å². The number of esters is 1. The van der Waals surface area contributed by atoms with E-state index in [4.69, 9.17) is 14.2 Å². The summed E-state index contributed by atoms with van der Waals surface area (Å²) in [5.41, 5.74) is 0. The Bertz CT molecular complexity index is 1390. The maximum atomic E-state index is 13.0. The van der Waals surface area contributed by atoms with Gasteiger partial charge in [0.2, 0.25) is 5.91 Å². The van der Waals surface area contributed by atoms with Crippen molar-refractivity contribution in [2.45, 2.75) is 326 Å². The van der Waals surface area contributed by atoms with Gasteiger partial charge in [-0.2, -0.15) is 0 Å². The number of amides is 1. The zero-order valence-corrected chi connectivity index (χ0v) is 48.3. The molecule has 1 aliphatic rings. The fourth-order valence-corrected chi connectivity index (χ4v) is 9.64. The molecule has 11 heteroatoms. The molecule has 7 unspecified atom stereocenters. The van der Waals surface area contributed by atoms with Gasteiger partial charge in [0.15, 0.2) is 6.29 Å². The average molecular weight is 1060 g/mol. The Hall–Kier alpha value is -2.38. The second-order valence-corrected chi connectivity index (χ2v) is 21.8. The lowest BCUT2D eigenvalue weighted by Gasteiger charge is -2.40. The summed E-state index contributed by atoms with van der Waals surface area (Å²) in [6, 6.07) is -0.814. The molecule has 0 aromatic carbocycles. The van der Waals surface area contributed by atoms with Crippen LogP contribution in [-0.2, 0) is 23.8 Å². The third kappa shape index (κ3) is 43.2. The van der Waals surface area contributed by atoms with Crippen LogP contribution in [0.15, 0.2) is 48.6 Å². The Morgan fingerprint density at radius 3 is 1.37 bits per heavy atom. The highest BCUT2D eigenvalue weighted by Gasteiger charge is 2.44. The molecule has 0 aliphatic carbocycles. The average Bonchev–Trinajstić information content (AvgIpc) is 3.41. The maximum Gasteiger partial charge on any atom is 0.305 e. The van der Waals surface area contributed by atoms with Crippen LogP contribution in [0.1, 0.15) is 284 Å². The Morgan fingerprint density at radius 1 is 0.493 bits per heavy atom. The van der Waals surface area contributed by atoms with Crippen LogP contribution in [-0.4, -0.2) is 100 Å². The van der Waals surface area contributed by atoms with Crippen molar-refractivity contribution >= 4 is 11.9 Å². The van der Waals surface area contributed by atoms with Crippen LogP contribution in [0.5, 0.6) is 0 Å². The number of aliphatic hydroxyl groups excluding tert-OH is 5. The molecule has 0 spiro atoms. The minimum absolute atomic E-state index is 0.0164. The number of unbranched alkanes of at least 4 members (excludes halogenated alkanes) is 34. The van der Waals surface area contributed by atoms with Gasteiger partial charge in [0.05, 0.1) is 32.0 Å². The lowest BCUT2D eigenvalue weighted by atomic mass is 9.99. The SMILES string of the molecule is CCCCCC/C=C\C/C=C\CCCCCCCC(=O)OCCCCCCCCCCCCC/C=C\CCCCCCCCCC(=O)NC(COC1OC(CO)C(O)C(O)C1O)C(O)/C=C/CCCCCCCCC. The lowest BCUT2D eigenvalue weighted by molar-refractivity contribution is -0.302. The maximum absolute atomic E-state index is 13.0. The first-order chi connectivity index (χ1) is 36.7. The monoisotopic (exact) mass is 1060 g/mol. The van der Waals surface area contributed by atoms with Gasteiger partial charge in [0.1, 0.15) is 24.4 Å². The Balaban J connectivity index is 1.99. The van der Waals surface area contributed by atoms with E-state index in [2.05, 4.69) is 55.6 Å². The molecule has 0 aromatic heterocycles. The Kier molecular flexibility index (Phi) is 50.5. The fraction of sp³-hybridized carbons (Fsp3) is 0.844. The van der Waals surface area contributed by atoms with Crippen LogP contribution in [0.3, 0.4) is 0 Å². The second kappa shape index (κ2) is 53.6. The number of carbonyl (C=O) groups is 2. The van der Waals surface area contributed by atoms with Gasteiger partial charge in [-0.25, -0.2) is 0 Å². The van der Waals surface area contributed by atoms with E-state index in [1.165, 1.54) is 167 Å². The zero-order chi connectivity index (χ0) is 54.5. The number of nitrogens with one attached hydrogen (secondary N) is 1. The minimum atomic E-state index is -1.57. The minimum Gasteiger partial charge on any atom is -0.466 e. The number of aliphatic hydroxyl groups is 5. The van der Waals surface area contributed by atoms with E-state index in [0.717, 1.165) is 89.9 Å². The molecule has 1 saturated heterocycles. The quantitative estimate of drug-likeness (QED) is 0.0195. The first-order valence-corrected chi connectivity index (χ1v) is 31.4. The van der Waals surface area contributed by atoms with Crippen molar-refractivity contribution in [3.05, 3.63) is 48.6 Å². The largest absolute Gasteiger partial charge is 0.466 e. The standard InChI is InChI=1S/C64H117NO10/c1-3-5-7-9-11-13-14-15-16-26-29-32-36-40-44-48-52-60(69)73-53-49-45-41-37-33-30-27-24-22-20-18-17-19-21-23-25-28-31-35-39-43-47-51-59(68)65-56(57(67)50-46-42-38-34-12-10-8-6-4-2)55-74-64-63(72)62(71)61(70)58(54-66)75-64/h13-14,16,19,21,26,46,50,56-58,61-64,66-67,70-72H,3-12,15,17-18,20,22-25,27-45,47-49,51-55H2,1-2H3,(H,65,68)/b14-13-,21-19-,26-16-,50-46+. The third-order valence-electron chi connectivity index (χ3n) is 14.7. The van der Waals surface area contributed by atoms with E-state index in [0.29, 0.717) is 19.4 Å². The van der Waals surface area contributed by atoms with Crippen LogP contribution in [0, 0.1) is 0 Å². The molecular weight excluding hydrogens is 943 g/mol. The highest BCUT2D eigenvalue weighted by molar-refractivity contribution is 5.76. The summed E-state index contributed by atoms with van der Waals surface area (Å²) in [5, 5.41) is 54.2. The van der Waals surface area contributed by atoms with E-state index >= 15 is 0 Å². The van der Waals surface area contributed by atoms with E-state index < -0.39 is 49.5 Å².